The molecule has 0 aliphatic rings. The van der Waals surface area contributed by atoms with Crippen molar-refractivity contribution in [3.05, 3.63) is 18.2 Å². The molecule has 1 rings (SSSR count). The summed E-state index contributed by atoms with van der Waals surface area (Å²) in [6.07, 6.45) is 4.26. The van der Waals surface area contributed by atoms with Gasteiger partial charge in [-0.1, -0.05) is 0 Å². The first-order chi connectivity index (χ1) is 4.84. The molecule has 4 nitrogen and oxygen atoms in total. The van der Waals surface area contributed by atoms with Crippen LogP contribution in [0.1, 0.15) is 12.6 Å². The Morgan fingerprint density at radius 1 is 1.90 bits per heavy atom. The van der Waals surface area contributed by atoms with Crippen molar-refractivity contribution in [2.75, 3.05) is 0 Å². The molecule has 0 radical (unpaired) electrons. The highest BCUT2D eigenvalue weighted by molar-refractivity contribution is 6.00. The first-order valence-corrected chi connectivity index (χ1v) is 2.86. The molecular weight excluding hydrogens is 128 g/mol. The lowest BCUT2D eigenvalue weighted by atomic mass is 10.3. The molecule has 0 saturated carbocycles. The van der Waals surface area contributed by atoms with Gasteiger partial charge in [0.25, 0.3) is 0 Å². The predicted molar refractivity (Wildman–Crippen MR) is 39.6 cm³/mol. The topological polar surface area (TPSA) is 64.9 Å². The van der Waals surface area contributed by atoms with E-state index in [4.69, 9.17) is 5.41 Å². The van der Waals surface area contributed by atoms with E-state index in [9.17, 15) is 0 Å². The van der Waals surface area contributed by atoms with E-state index >= 15 is 0 Å². The minimum Gasteiger partial charge on any atom is -0.344 e. The quantitative estimate of drug-likeness (QED) is 0.459. The molecule has 0 aliphatic heterocycles. The first-order valence-electron chi connectivity index (χ1n) is 2.86. The fourth-order valence-corrected chi connectivity index (χ4v) is 0.620. The molecule has 1 aromatic rings. The number of aromatic nitrogens is 2. The summed E-state index contributed by atoms with van der Waals surface area (Å²) in [5, 5.41) is 6.69. The molecule has 0 saturated heterocycles. The van der Waals surface area contributed by atoms with Gasteiger partial charge in [0.15, 0.2) is 0 Å². The second-order valence-corrected chi connectivity index (χ2v) is 1.81. The van der Waals surface area contributed by atoms with Crippen LogP contribution in [0.3, 0.4) is 0 Å². The SMILES string of the molecule is CC(=NC=N)c1cnc[nH]1. The molecule has 0 amide bonds. The van der Waals surface area contributed by atoms with Crippen LogP contribution in [0.25, 0.3) is 0 Å². The molecule has 0 atom stereocenters. The third-order valence-electron chi connectivity index (χ3n) is 1.15. The highest BCUT2D eigenvalue weighted by Gasteiger charge is 1.94. The van der Waals surface area contributed by atoms with E-state index < -0.39 is 0 Å². The number of aromatic amines is 1. The summed E-state index contributed by atoms with van der Waals surface area (Å²) in [4.78, 5) is 10.4. The van der Waals surface area contributed by atoms with Gasteiger partial charge in [-0.15, -0.1) is 0 Å². The van der Waals surface area contributed by atoms with Crippen LogP contribution in [0.5, 0.6) is 0 Å². The Morgan fingerprint density at radius 2 is 2.70 bits per heavy atom. The Labute approximate surface area is 58.5 Å². The summed E-state index contributed by atoms with van der Waals surface area (Å²) in [7, 11) is 0. The molecule has 52 valence electrons. The third-order valence-corrected chi connectivity index (χ3v) is 1.15. The standard InChI is InChI=1S/C6H8N4/c1-5(9-3-7)6-2-8-4-10-6/h2-4,7H,1H3,(H,8,10). The number of nitrogens with zero attached hydrogens (tertiary/aromatic N) is 2. The van der Waals surface area contributed by atoms with Crippen molar-refractivity contribution in [1.29, 1.82) is 5.41 Å². The van der Waals surface area contributed by atoms with E-state index in [0.29, 0.717) is 0 Å². The van der Waals surface area contributed by atoms with Crippen LogP contribution in [-0.4, -0.2) is 22.0 Å². The number of aliphatic imine (C=N–C) groups is 1. The van der Waals surface area contributed by atoms with Gasteiger partial charge in [-0.3, -0.25) is 5.41 Å². The van der Waals surface area contributed by atoms with Gasteiger partial charge in [-0.05, 0) is 6.92 Å². The zero-order valence-corrected chi connectivity index (χ0v) is 5.63. The zero-order valence-electron chi connectivity index (χ0n) is 5.63. The molecule has 2 N–H and O–H groups in total. The fourth-order valence-electron chi connectivity index (χ4n) is 0.620. The van der Waals surface area contributed by atoms with Crippen molar-refractivity contribution in [2.45, 2.75) is 6.92 Å². The van der Waals surface area contributed by atoms with Crippen LogP contribution in [0.15, 0.2) is 17.5 Å². The fraction of sp³-hybridized carbons (Fsp3) is 0.167. The van der Waals surface area contributed by atoms with E-state index in [1.165, 1.54) is 0 Å². The third kappa shape index (κ3) is 1.28. The average Bonchev–Trinajstić information content (AvgIpc) is 2.38. The van der Waals surface area contributed by atoms with Gasteiger partial charge in [0.2, 0.25) is 0 Å². The Morgan fingerprint density at radius 3 is 3.20 bits per heavy atom. The van der Waals surface area contributed by atoms with Gasteiger partial charge in [0, 0.05) is 0 Å². The summed E-state index contributed by atoms with van der Waals surface area (Å²) in [6, 6.07) is 0. The molecule has 10 heavy (non-hydrogen) atoms. The van der Waals surface area contributed by atoms with Crippen molar-refractivity contribution < 1.29 is 0 Å². The van der Waals surface area contributed by atoms with Crippen molar-refractivity contribution >= 4 is 12.1 Å². The number of nitrogens with one attached hydrogen (secondary N) is 2. The van der Waals surface area contributed by atoms with E-state index in [1.54, 1.807) is 12.5 Å². The summed E-state index contributed by atoms with van der Waals surface area (Å²) < 4.78 is 0. The minimum atomic E-state index is 0.771. The average molecular weight is 136 g/mol. The second kappa shape index (κ2) is 2.91. The Hall–Kier alpha value is -1.45. The smallest absolute Gasteiger partial charge is 0.107 e. The van der Waals surface area contributed by atoms with Crippen molar-refractivity contribution in [3.63, 3.8) is 0 Å². The number of hydrogen-bond acceptors (Lipinski definition) is 2. The summed E-state index contributed by atoms with van der Waals surface area (Å²) in [6.45, 7) is 1.82. The highest BCUT2D eigenvalue weighted by Crippen LogP contribution is 1.92. The molecule has 0 unspecified atom stereocenters. The van der Waals surface area contributed by atoms with Crippen LogP contribution < -0.4 is 0 Å². The summed E-state index contributed by atoms with van der Waals surface area (Å²) >= 11 is 0. The normalized spacial score (nSPS) is 11.5. The molecule has 1 aromatic heterocycles. The van der Waals surface area contributed by atoms with Gasteiger partial charge < -0.3 is 4.98 Å². The molecule has 4 heteroatoms. The van der Waals surface area contributed by atoms with Gasteiger partial charge in [-0.25, -0.2) is 9.98 Å². The number of imidazole rings is 1. The minimum absolute atomic E-state index is 0.771. The highest BCUT2D eigenvalue weighted by atomic mass is 14.9. The summed E-state index contributed by atoms with van der Waals surface area (Å²) in [5.41, 5.74) is 1.62. The van der Waals surface area contributed by atoms with Gasteiger partial charge in [-0.2, -0.15) is 0 Å². The maximum atomic E-state index is 6.69. The molecular formula is C6H8N4. The van der Waals surface area contributed by atoms with Gasteiger partial charge >= 0.3 is 0 Å². The largest absolute Gasteiger partial charge is 0.344 e. The molecule has 0 aliphatic carbocycles. The van der Waals surface area contributed by atoms with Crippen LogP contribution in [0.4, 0.5) is 0 Å². The Kier molecular flexibility index (Phi) is 1.94. The van der Waals surface area contributed by atoms with Gasteiger partial charge in [0.05, 0.1) is 23.9 Å². The first kappa shape index (κ1) is 6.67. The maximum Gasteiger partial charge on any atom is 0.107 e. The molecule has 0 fully saturated rings. The van der Waals surface area contributed by atoms with E-state index in [1.807, 2.05) is 6.92 Å². The maximum absolute atomic E-state index is 6.69. The van der Waals surface area contributed by atoms with Crippen molar-refractivity contribution in [3.8, 4) is 0 Å². The second-order valence-electron chi connectivity index (χ2n) is 1.81. The lowest BCUT2D eigenvalue weighted by molar-refractivity contribution is 1.30. The number of hydrogen-bond donors (Lipinski definition) is 2. The van der Waals surface area contributed by atoms with E-state index in [2.05, 4.69) is 15.0 Å². The molecule has 0 aromatic carbocycles. The van der Waals surface area contributed by atoms with Crippen molar-refractivity contribution in [2.24, 2.45) is 4.99 Å². The summed E-state index contributed by atoms with van der Waals surface area (Å²) in [5.74, 6) is 0. The predicted octanol–water partition coefficient (Wildman–Crippen LogP) is 0.826. The Bertz CT molecular complexity index is 234. The number of H-pyrrole nitrogens is 1. The number of rotatable bonds is 2. The monoisotopic (exact) mass is 136 g/mol. The lowest BCUT2D eigenvalue weighted by Crippen LogP contribution is -1.93. The van der Waals surface area contributed by atoms with Crippen LogP contribution in [0.2, 0.25) is 0 Å². The van der Waals surface area contributed by atoms with E-state index in [-0.39, 0.29) is 0 Å². The lowest BCUT2D eigenvalue weighted by Gasteiger charge is -1.89. The molecule has 0 spiro atoms. The Balaban J connectivity index is 2.86. The van der Waals surface area contributed by atoms with E-state index in [0.717, 1.165) is 17.7 Å². The van der Waals surface area contributed by atoms with Crippen LogP contribution in [0, 0.1) is 5.41 Å². The van der Waals surface area contributed by atoms with Crippen LogP contribution in [-0.2, 0) is 0 Å². The zero-order chi connectivity index (χ0) is 7.40. The van der Waals surface area contributed by atoms with Gasteiger partial charge in [0.1, 0.15) is 6.34 Å². The molecule has 0 bridgehead atoms. The van der Waals surface area contributed by atoms with Crippen LogP contribution >= 0.6 is 0 Å². The van der Waals surface area contributed by atoms with Crippen molar-refractivity contribution in [1.82, 2.24) is 9.97 Å². The molecule has 1 heterocycles.